The van der Waals surface area contributed by atoms with Crippen molar-refractivity contribution in [2.24, 2.45) is 29.6 Å². The molecule has 0 nitrogen and oxygen atoms in total. The highest BCUT2D eigenvalue weighted by atomic mass is 14.5. The molecule has 4 unspecified atom stereocenters. The molecule has 1 fully saturated rings. The first-order chi connectivity index (χ1) is 5.09. The van der Waals surface area contributed by atoms with Crippen molar-refractivity contribution in [2.45, 2.75) is 41.0 Å². The van der Waals surface area contributed by atoms with Gasteiger partial charge in [-0.2, -0.15) is 0 Å². The molecule has 1 aliphatic rings. The molecule has 4 atom stereocenters. The quantitative estimate of drug-likeness (QED) is 0.583. The molecule has 0 spiro atoms. The van der Waals surface area contributed by atoms with Crippen LogP contribution >= 0.6 is 0 Å². The molecule has 0 heterocycles. The lowest BCUT2D eigenvalue weighted by Crippen LogP contribution is -2.07. The molecule has 0 N–H and O–H groups in total. The van der Waals surface area contributed by atoms with Gasteiger partial charge in [-0.3, -0.25) is 0 Å². The van der Waals surface area contributed by atoms with E-state index in [-0.39, 0.29) is 0 Å². The second kappa shape index (κ2) is 3.16. The molecular weight excluding hydrogens is 132 g/mol. The van der Waals surface area contributed by atoms with E-state index in [1.807, 2.05) is 0 Å². The Kier molecular flexibility index (Phi) is 2.61. The topological polar surface area (TPSA) is 0 Å². The Balaban J connectivity index is 2.39. The largest absolute Gasteiger partial charge is 0.0651 e. The van der Waals surface area contributed by atoms with Crippen LogP contribution in [0.4, 0.5) is 0 Å². The van der Waals surface area contributed by atoms with E-state index in [0.29, 0.717) is 0 Å². The summed E-state index contributed by atoms with van der Waals surface area (Å²) in [7, 11) is 0. The lowest BCUT2D eigenvalue weighted by molar-refractivity contribution is 0.345. The van der Waals surface area contributed by atoms with Crippen LogP contribution in [0.3, 0.4) is 0 Å². The Morgan fingerprint density at radius 1 is 1.18 bits per heavy atom. The molecule has 1 saturated carbocycles. The Labute approximate surface area is 71.4 Å². The van der Waals surface area contributed by atoms with Crippen molar-refractivity contribution in [3.8, 4) is 0 Å². The van der Waals surface area contributed by atoms with E-state index < -0.39 is 0 Å². The van der Waals surface area contributed by atoms with Gasteiger partial charge in [0.2, 0.25) is 0 Å². The van der Waals surface area contributed by atoms with E-state index >= 15 is 0 Å². The average Bonchev–Trinajstić information content (AvgIpc) is 2.59. The lowest BCUT2D eigenvalue weighted by Gasteiger charge is -2.15. The molecule has 0 heteroatoms. The van der Waals surface area contributed by atoms with Crippen molar-refractivity contribution >= 4 is 0 Å². The molecule has 1 aliphatic carbocycles. The Morgan fingerprint density at radius 3 is 2.00 bits per heavy atom. The summed E-state index contributed by atoms with van der Waals surface area (Å²) in [5, 5.41) is 0. The first-order valence-corrected chi connectivity index (χ1v) is 5.09. The molecule has 1 rings (SSSR count). The number of hydrogen-bond donors (Lipinski definition) is 0. The second-order valence-electron chi connectivity index (χ2n) is 4.61. The molecule has 0 aliphatic heterocycles. The van der Waals surface area contributed by atoms with E-state index in [1.54, 1.807) is 0 Å². The van der Waals surface area contributed by atoms with Gasteiger partial charge in [0.05, 0.1) is 0 Å². The lowest BCUT2D eigenvalue weighted by atomic mass is 9.91. The molecule has 0 amide bonds. The van der Waals surface area contributed by atoms with Crippen molar-refractivity contribution in [3.63, 3.8) is 0 Å². The zero-order valence-electron chi connectivity index (χ0n) is 8.59. The third-order valence-electron chi connectivity index (χ3n) is 3.77. The molecule has 0 bridgehead atoms. The van der Waals surface area contributed by atoms with Crippen LogP contribution in [0.25, 0.3) is 0 Å². The second-order valence-corrected chi connectivity index (χ2v) is 4.61. The van der Waals surface area contributed by atoms with Crippen LogP contribution < -0.4 is 0 Å². The van der Waals surface area contributed by atoms with Crippen LogP contribution in [0, 0.1) is 29.6 Å². The Morgan fingerprint density at radius 2 is 1.73 bits per heavy atom. The summed E-state index contributed by atoms with van der Waals surface area (Å²) in [6.45, 7) is 11.9. The van der Waals surface area contributed by atoms with Crippen molar-refractivity contribution in [2.75, 3.05) is 0 Å². The molecule has 11 heavy (non-hydrogen) atoms. The highest BCUT2D eigenvalue weighted by Crippen LogP contribution is 2.54. The van der Waals surface area contributed by atoms with E-state index in [9.17, 15) is 0 Å². The predicted molar refractivity (Wildman–Crippen MR) is 50.4 cm³/mol. The molecule has 0 aromatic rings. The maximum Gasteiger partial charge on any atom is -0.0327 e. The number of hydrogen-bond acceptors (Lipinski definition) is 0. The molecule has 0 saturated heterocycles. The molecule has 0 aromatic heterocycles. The summed E-state index contributed by atoms with van der Waals surface area (Å²) in [5.41, 5.74) is 0. The highest BCUT2D eigenvalue weighted by Gasteiger charge is 2.48. The molecule has 0 radical (unpaired) electrons. The third-order valence-corrected chi connectivity index (χ3v) is 3.77. The fourth-order valence-corrected chi connectivity index (χ4v) is 2.54. The Hall–Kier alpha value is 0. The van der Waals surface area contributed by atoms with Gasteiger partial charge in [0, 0.05) is 0 Å². The van der Waals surface area contributed by atoms with E-state index in [2.05, 4.69) is 34.6 Å². The van der Waals surface area contributed by atoms with Crippen molar-refractivity contribution < 1.29 is 0 Å². The SMILES string of the molecule is CCC1C(C)C1C(C)C(C)C. The molecular formula is C11H22. The fourth-order valence-electron chi connectivity index (χ4n) is 2.54. The molecule has 0 aromatic carbocycles. The monoisotopic (exact) mass is 154 g/mol. The van der Waals surface area contributed by atoms with Crippen molar-refractivity contribution in [1.82, 2.24) is 0 Å². The summed E-state index contributed by atoms with van der Waals surface area (Å²) in [5.74, 6) is 4.92. The summed E-state index contributed by atoms with van der Waals surface area (Å²) < 4.78 is 0. The smallest absolute Gasteiger partial charge is 0.0327 e. The van der Waals surface area contributed by atoms with Crippen LogP contribution in [-0.4, -0.2) is 0 Å². The van der Waals surface area contributed by atoms with Gasteiger partial charge in [0.15, 0.2) is 0 Å². The van der Waals surface area contributed by atoms with Gasteiger partial charge in [0.25, 0.3) is 0 Å². The van der Waals surface area contributed by atoms with Crippen LogP contribution in [0.5, 0.6) is 0 Å². The van der Waals surface area contributed by atoms with Gasteiger partial charge >= 0.3 is 0 Å². The summed E-state index contributed by atoms with van der Waals surface area (Å²) in [6.07, 6.45) is 1.39. The van der Waals surface area contributed by atoms with Gasteiger partial charge in [-0.25, -0.2) is 0 Å². The maximum absolute atomic E-state index is 2.42. The minimum atomic E-state index is 0.874. The van der Waals surface area contributed by atoms with Crippen LogP contribution in [0.15, 0.2) is 0 Å². The highest BCUT2D eigenvalue weighted by molar-refractivity contribution is 4.96. The van der Waals surface area contributed by atoms with E-state index in [0.717, 1.165) is 29.6 Å². The first-order valence-electron chi connectivity index (χ1n) is 5.09. The molecule has 66 valence electrons. The van der Waals surface area contributed by atoms with Crippen LogP contribution in [-0.2, 0) is 0 Å². The van der Waals surface area contributed by atoms with Crippen LogP contribution in [0.2, 0.25) is 0 Å². The fraction of sp³-hybridized carbons (Fsp3) is 1.00. The van der Waals surface area contributed by atoms with Gasteiger partial charge in [-0.05, 0) is 29.6 Å². The van der Waals surface area contributed by atoms with Gasteiger partial charge in [-0.15, -0.1) is 0 Å². The number of rotatable bonds is 3. The average molecular weight is 154 g/mol. The van der Waals surface area contributed by atoms with Gasteiger partial charge in [0.1, 0.15) is 0 Å². The standard InChI is InChI=1S/C11H22/c1-6-10-9(5)11(10)8(4)7(2)3/h7-11H,6H2,1-5H3. The van der Waals surface area contributed by atoms with Crippen molar-refractivity contribution in [3.05, 3.63) is 0 Å². The zero-order chi connectivity index (χ0) is 8.59. The van der Waals surface area contributed by atoms with Crippen LogP contribution in [0.1, 0.15) is 41.0 Å². The van der Waals surface area contributed by atoms with Gasteiger partial charge < -0.3 is 0 Å². The first kappa shape index (κ1) is 9.09. The summed E-state index contributed by atoms with van der Waals surface area (Å²) in [6, 6.07) is 0. The van der Waals surface area contributed by atoms with E-state index in [1.165, 1.54) is 6.42 Å². The maximum atomic E-state index is 2.42. The van der Waals surface area contributed by atoms with Crippen molar-refractivity contribution in [1.29, 1.82) is 0 Å². The predicted octanol–water partition coefficient (Wildman–Crippen LogP) is 3.57. The zero-order valence-corrected chi connectivity index (χ0v) is 8.59. The van der Waals surface area contributed by atoms with Gasteiger partial charge in [-0.1, -0.05) is 41.0 Å². The van der Waals surface area contributed by atoms with E-state index in [4.69, 9.17) is 0 Å². The minimum absolute atomic E-state index is 0.874. The third kappa shape index (κ3) is 1.60. The summed E-state index contributed by atoms with van der Waals surface area (Å²) in [4.78, 5) is 0. The normalized spacial score (nSPS) is 39.3. The summed E-state index contributed by atoms with van der Waals surface area (Å²) >= 11 is 0. The Bertz CT molecular complexity index is 126. The minimum Gasteiger partial charge on any atom is -0.0651 e.